The van der Waals surface area contributed by atoms with E-state index in [9.17, 15) is 32.3 Å². The second-order valence-corrected chi connectivity index (χ2v) is 7.24. The molecular weight excluding hydrogens is 447 g/mol. The maximum Gasteiger partial charge on any atom is 0.454 e. The maximum atomic E-state index is 12.2. The Balaban J connectivity index is 1.82. The third-order valence-corrected chi connectivity index (χ3v) is 4.72. The van der Waals surface area contributed by atoms with E-state index in [0.29, 0.717) is 30.4 Å². The van der Waals surface area contributed by atoms with Gasteiger partial charge in [0, 0.05) is 38.0 Å². The summed E-state index contributed by atoms with van der Waals surface area (Å²) in [6, 6.07) is 4.64. The van der Waals surface area contributed by atoms with Crippen molar-refractivity contribution in [2.45, 2.75) is 25.9 Å². The van der Waals surface area contributed by atoms with Crippen molar-refractivity contribution < 1.29 is 41.8 Å². The number of alkyl halides is 3. The van der Waals surface area contributed by atoms with Crippen LogP contribution in [0.1, 0.15) is 19.8 Å². The molecule has 1 saturated heterocycles. The van der Waals surface area contributed by atoms with E-state index in [1.54, 1.807) is 12.1 Å². The van der Waals surface area contributed by atoms with Gasteiger partial charge in [0.15, 0.2) is 6.61 Å². The second-order valence-electron chi connectivity index (χ2n) is 7.24. The summed E-state index contributed by atoms with van der Waals surface area (Å²) in [6.07, 6.45) is -2.80. The van der Waals surface area contributed by atoms with Gasteiger partial charge >= 0.3 is 12.1 Å². The molecule has 33 heavy (non-hydrogen) atoms. The minimum absolute atomic E-state index is 0.265. The first-order chi connectivity index (χ1) is 15.5. The first kappa shape index (κ1) is 25.7. The van der Waals surface area contributed by atoms with Crippen molar-refractivity contribution in [2.75, 3.05) is 37.4 Å². The van der Waals surface area contributed by atoms with Crippen molar-refractivity contribution in [2.24, 2.45) is 5.92 Å². The summed E-state index contributed by atoms with van der Waals surface area (Å²) < 4.78 is 46.9. The van der Waals surface area contributed by atoms with Gasteiger partial charge in [-0.3, -0.25) is 19.2 Å². The molecule has 0 unspecified atom stereocenters. The first-order valence-corrected chi connectivity index (χ1v) is 9.95. The number of allylic oxidation sites excluding steroid dienone is 1. The van der Waals surface area contributed by atoms with Gasteiger partial charge in [-0.15, -0.1) is 0 Å². The normalized spacial score (nSPS) is 14.6. The van der Waals surface area contributed by atoms with Crippen LogP contribution in [0.5, 0.6) is 5.75 Å². The van der Waals surface area contributed by atoms with Gasteiger partial charge in [0.05, 0.1) is 18.7 Å². The highest BCUT2D eigenvalue weighted by Gasteiger charge is 2.36. The van der Waals surface area contributed by atoms with Gasteiger partial charge in [0.2, 0.25) is 5.91 Å². The lowest BCUT2D eigenvalue weighted by molar-refractivity contribution is -0.165. The van der Waals surface area contributed by atoms with Crippen LogP contribution in [0.15, 0.2) is 30.5 Å². The zero-order chi connectivity index (χ0) is 24.6. The number of halogens is 3. The van der Waals surface area contributed by atoms with Crippen LogP contribution >= 0.6 is 0 Å². The summed E-state index contributed by atoms with van der Waals surface area (Å²) in [5.41, 5.74) is 0.714. The molecule has 0 aromatic heterocycles. The highest BCUT2D eigenvalue weighted by molar-refractivity contribution is 5.96. The monoisotopic (exact) mass is 471 g/mol. The lowest BCUT2D eigenvalue weighted by Gasteiger charge is -2.29. The van der Waals surface area contributed by atoms with Crippen molar-refractivity contribution in [3.8, 4) is 5.75 Å². The predicted molar refractivity (Wildman–Crippen MR) is 111 cm³/mol. The molecule has 0 saturated carbocycles. The molecule has 1 heterocycles. The smallest absolute Gasteiger partial charge is 0.454 e. The lowest BCUT2D eigenvalue weighted by Crippen LogP contribution is -2.35. The summed E-state index contributed by atoms with van der Waals surface area (Å²) in [7, 11) is 1.41. The Bertz CT molecular complexity index is 924. The Morgan fingerprint density at radius 2 is 1.82 bits per heavy atom. The number of amides is 2. The van der Waals surface area contributed by atoms with Crippen molar-refractivity contribution in [3.63, 3.8) is 0 Å². The molecule has 0 aliphatic carbocycles. The fraction of sp³-hybridized carbons (Fsp3) is 0.429. The van der Waals surface area contributed by atoms with Crippen LogP contribution in [0.3, 0.4) is 0 Å². The van der Waals surface area contributed by atoms with Crippen molar-refractivity contribution in [3.05, 3.63) is 30.5 Å². The number of carbonyl (C=O) groups is 4. The molecule has 9 nitrogen and oxygen atoms in total. The van der Waals surface area contributed by atoms with E-state index in [0.717, 1.165) is 6.20 Å². The Morgan fingerprint density at radius 1 is 1.15 bits per heavy atom. The van der Waals surface area contributed by atoms with Crippen LogP contribution in [0.4, 0.5) is 24.5 Å². The Labute approximate surface area is 187 Å². The molecule has 1 aliphatic rings. The molecule has 1 aromatic rings. The zero-order valence-electron chi connectivity index (χ0n) is 18.0. The molecule has 0 bridgehead atoms. The van der Waals surface area contributed by atoms with E-state index in [2.05, 4.69) is 10.6 Å². The second kappa shape index (κ2) is 11.3. The van der Waals surface area contributed by atoms with Crippen LogP contribution in [-0.4, -0.2) is 61.4 Å². The zero-order valence-corrected chi connectivity index (χ0v) is 18.0. The number of hydrogen-bond donors (Lipinski definition) is 2. The molecule has 2 N–H and O–H groups in total. The van der Waals surface area contributed by atoms with Crippen LogP contribution in [0.25, 0.3) is 0 Å². The number of anilines is 2. The van der Waals surface area contributed by atoms with Gasteiger partial charge in [0.25, 0.3) is 11.7 Å². The first-order valence-electron chi connectivity index (χ1n) is 9.95. The average Bonchev–Trinajstić information content (AvgIpc) is 2.75. The van der Waals surface area contributed by atoms with Gasteiger partial charge in [-0.05, 0) is 31.0 Å². The topological polar surface area (TPSA) is 114 Å². The molecule has 12 heteroatoms. The predicted octanol–water partition coefficient (Wildman–Crippen LogP) is 2.49. The highest BCUT2D eigenvalue weighted by atomic mass is 19.4. The van der Waals surface area contributed by atoms with E-state index < -0.39 is 36.4 Å². The molecule has 0 atom stereocenters. The number of rotatable bonds is 8. The van der Waals surface area contributed by atoms with Crippen molar-refractivity contribution in [1.29, 1.82) is 0 Å². The number of nitrogens with zero attached hydrogens (tertiary/aromatic N) is 1. The molecule has 0 spiro atoms. The Morgan fingerprint density at radius 3 is 2.39 bits per heavy atom. The quantitative estimate of drug-likeness (QED) is 0.442. The number of esters is 1. The van der Waals surface area contributed by atoms with Crippen LogP contribution < -0.4 is 15.4 Å². The molecule has 2 amide bonds. The van der Waals surface area contributed by atoms with Crippen LogP contribution in [0, 0.1) is 5.92 Å². The Kier molecular flexibility index (Phi) is 8.83. The molecular formula is C21H24F3N3O6. The SMILES string of the molecule is COc1ccc(NC(C)=O)cc1NC(=O)COC(=O)C1CCN(C=CC(=O)C(F)(F)F)CC1. The number of carbonyl (C=O) groups excluding carboxylic acids is 4. The highest BCUT2D eigenvalue weighted by Crippen LogP contribution is 2.28. The standard InChI is InChI=1S/C21H24F3N3O6/c1-13(28)25-15-3-4-17(32-2)16(11-15)26-19(30)12-33-20(31)14-5-8-27(9-6-14)10-7-18(29)21(22,23)24/h3-4,7,10-11,14H,5-6,8-9,12H2,1-2H3,(H,25,28)(H,26,30). The minimum atomic E-state index is -4.92. The third-order valence-electron chi connectivity index (χ3n) is 4.72. The fourth-order valence-corrected chi connectivity index (χ4v) is 3.08. The average molecular weight is 471 g/mol. The van der Waals surface area contributed by atoms with Crippen molar-refractivity contribution >= 4 is 34.9 Å². The van der Waals surface area contributed by atoms with Gasteiger partial charge in [-0.25, -0.2) is 0 Å². The number of nitrogens with one attached hydrogen (secondary N) is 2. The largest absolute Gasteiger partial charge is 0.495 e. The summed E-state index contributed by atoms with van der Waals surface area (Å²) in [5.74, 6) is -3.63. The molecule has 1 aromatic carbocycles. The number of hydrogen-bond acceptors (Lipinski definition) is 7. The third kappa shape index (κ3) is 8.13. The van der Waals surface area contributed by atoms with E-state index in [4.69, 9.17) is 9.47 Å². The van der Waals surface area contributed by atoms with E-state index in [1.807, 2.05) is 0 Å². The van der Waals surface area contributed by atoms with E-state index >= 15 is 0 Å². The summed E-state index contributed by atoms with van der Waals surface area (Å²) in [5, 5.41) is 5.12. The summed E-state index contributed by atoms with van der Waals surface area (Å²) >= 11 is 0. The van der Waals surface area contributed by atoms with Gasteiger partial charge in [-0.2, -0.15) is 13.2 Å². The number of methoxy groups -OCH3 is 1. The summed E-state index contributed by atoms with van der Waals surface area (Å²) in [6.45, 7) is 1.32. The molecule has 2 rings (SSSR count). The maximum absolute atomic E-state index is 12.2. The number of piperidine rings is 1. The molecule has 0 radical (unpaired) electrons. The number of benzene rings is 1. The molecule has 180 valence electrons. The fourth-order valence-electron chi connectivity index (χ4n) is 3.08. The van der Waals surface area contributed by atoms with E-state index in [-0.39, 0.29) is 24.7 Å². The minimum Gasteiger partial charge on any atom is -0.495 e. The number of ether oxygens (including phenoxy) is 2. The van der Waals surface area contributed by atoms with Gasteiger partial charge in [-0.1, -0.05) is 0 Å². The molecule has 1 aliphatic heterocycles. The van der Waals surface area contributed by atoms with Crippen LogP contribution in [-0.2, 0) is 23.9 Å². The Hall–Kier alpha value is -3.57. The number of ketones is 1. The number of likely N-dealkylation sites (tertiary alicyclic amines) is 1. The van der Waals surface area contributed by atoms with E-state index in [1.165, 1.54) is 25.0 Å². The summed E-state index contributed by atoms with van der Waals surface area (Å²) in [4.78, 5) is 48.1. The van der Waals surface area contributed by atoms with Crippen molar-refractivity contribution in [1.82, 2.24) is 4.90 Å². The van der Waals surface area contributed by atoms with Gasteiger partial charge < -0.3 is 25.0 Å². The van der Waals surface area contributed by atoms with Gasteiger partial charge in [0.1, 0.15) is 5.75 Å². The lowest BCUT2D eigenvalue weighted by atomic mass is 9.97. The molecule has 1 fully saturated rings. The van der Waals surface area contributed by atoms with Crippen LogP contribution in [0.2, 0.25) is 0 Å².